The molecule has 3 aromatic rings. The van der Waals surface area contributed by atoms with E-state index >= 15 is 0 Å². The summed E-state index contributed by atoms with van der Waals surface area (Å²) in [4.78, 5) is 22.9. The summed E-state index contributed by atoms with van der Waals surface area (Å²) in [6.07, 6.45) is 2.48. The third-order valence-corrected chi connectivity index (χ3v) is 4.93. The van der Waals surface area contributed by atoms with Crippen LogP contribution in [0.1, 0.15) is 12.2 Å². The van der Waals surface area contributed by atoms with E-state index in [1.54, 1.807) is 11.8 Å². The first-order chi connectivity index (χ1) is 11.1. The molecule has 0 radical (unpaired) electrons. The molecule has 1 aromatic carbocycles. The van der Waals surface area contributed by atoms with E-state index in [1.807, 2.05) is 24.5 Å². The molecule has 6 nitrogen and oxygen atoms in total. The van der Waals surface area contributed by atoms with E-state index in [-0.39, 0.29) is 17.2 Å². The van der Waals surface area contributed by atoms with Crippen molar-refractivity contribution in [2.24, 2.45) is 0 Å². The van der Waals surface area contributed by atoms with Crippen molar-refractivity contribution >= 4 is 33.8 Å². The Bertz CT molecular complexity index is 933. The van der Waals surface area contributed by atoms with Gasteiger partial charge in [-0.2, -0.15) is 0 Å². The number of aliphatic hydroxyl groups is 1. The summed E-state index contributed by atoms with van der Waals surface area (Å²) in [6, 6.07) is 5.84. The Morgan fingerprint density at radius 3 is 3.13 bits per heavy atom. The van der Waals surface area contributed by atoms with Gasteiger partial charge < -0.3 is 14.5 Å². The van der Waals surface area contributed by atoms with E-state index < -0.39 is 0 Å². The van der Waals surface area contributed by atoms with Crippen LogP contribution in [0.15, 0.2) is 32.3 Å². The molecule has 1 saturated heterocycles. The first-order valence-corrected chi connectivity index (χ1v) is 8.76. The van der Waals surface area contributed by atoms with Gasteiger partial charge in [0.15, 0.2) is 0 Å². The maximum atomic E-state index is 12.3. The van der Waals surface area contributed by atoms with Crippen LogP contribution in [-0.4, -0.2) is 45.4 Å². The Balaban J connectivity index is 1.81. The zero-order chi connectivity index (χ0) is 16.0. The van der Waals surface area contributed by atoms with E-state index in [0.29, 0.717) is 30.0 Å². The minimum absolute atomic E-state index is 0.258. The van der Waals surface area contributed by atoms with Crippen molar-refractivity contribution in [2.45, 2.75) is 24.0 Å². The number of aromatic nitrogens is 2. The molecule has 23 heavy (non-hydrogen) atoms. The normalized spacial score (nSPS) is 19.1. The lowest BCUT2D eigenvalue weighted by molar-refractivity contribution is 0.174. The van der Waals surface area contributed by atoms with Gasteiger partial charge in [-0.3, -0.25) is 9.69 Å². The van der Waals surface area contributed by atoms with Crippen molar-refractivity contribution in [3.8, 4) is 0 Å². The number of H-pyrrole nitrogens is 1. The highest BCUT2D eigenvalue weighted by Crippen LogP contribution is 2.29. The molecule has 1 atom stereocenters. The molecule has 120 valence electrons. The maximum absolute atomic E-state index is 12.3. The maximum Gasteiger partial charge on any atom is 0.294 e. The van der Waals surface area contributed by atoms with Gasteiger partial charge in [-0.05, 0) is 30.9 Å². The molecule has 0 amide bonds. The Labute approximate surface area is 136 Å². The molecule has 0 bridgehead atoms. The summed E-state index contributed by atoms with van der Waals surface area (Å²) >= 11 is 1.64. The van der Waals surface area contributed by atoms with Gasteiger partial charge in [0.05, 0.1) is 12.6 Å². The predicted octanol–water partition coefficient (Wildman–Crippen LogP) is 1.96. The summed E-state index contributed by atoms with van der Waals surface area (Å²) in [5, 5.41) is 10.5. The van der Waals surface area contributed by atoms with Gasteiger partial charge in [-0.25, -0.2) is 4.98 Å². The number of thioether (sulfide) groups is 1. The van der Waals surface area contributed by atoms with Crippen LogP contribution >= 0.6 is 11.8 Å². The van der Waals surface area contributed by atoms with Crippen molar-refractivity contribution in [2.75, 3.05) is 19.3 Å². The fraction of sp³-hybridized carbons (Fsp3) is 0.375. The van der Waals surface area contributed by atoms with Crippen LogP contribution < -0.4 is 5.56 Å². The lowest BCUT2D eigenvalue weighted by Gasteiger charge is -2.13. The standard InChI is InChI=1S/C16H17N3O3S/c1-23-10-2-3-12-11(6-10)14-15(22-12)16(21)18-13(17-14)8-19-5-4-9(20)7-19/h2-3,6,9,20H,4-5,7-8H2,1H3,(H,17,18,21)/t9-/m0/s1. The van der Waals surface area contributed by atoms with E-state index in [9.17, 15) is 9.90 Å². The van der Waals surface area contributed by atoms with Gasteiger partial charge in [-0.15, -0.1) is 11.8 Å². The fourth-order valence-electron chi connectivity index (χ4n) is 3.05. The second-order valence-corrected chi connectivity index (χ2v) is 6.71. The SMILES string of the molecule is CSc1ccc2oc3c(=O)[nH]c(CN4CC[C@H](O)C4)nc3c2c1. The van der Waals surface area contributed by atoms with Crippen LogP contribution in [0.2, 0.25) is 0 Å². The zero-order valence-electron chi connectivity index (χ0n) is 12.7. The number of nitrogens with one attached hydrogen (secondary N) is 1. The van der Waals surface area contributed by atoms with E-state index in [1.165, 1.54) is 0 Å². The van der Waals surface area contributed by atoms with Gasteiger partial charge in [0.2, 0.25) is 5.58 Å². The van der Waals surface area contributed by atoms with E-state index in [4.69, 9.17) is 4.42 Å². The number of nitrogens with zero attached hydrogens (tertiary/aromatic N) is 2. The van der Waals surface area contributed by atoms with Crippen LogP contribution in [0.25, 0.3) is 22.1 Å². The van der Waals surface area contributed by atoms with Crippen LogP contribution in [-0.2, 0) is 6.54 Å². The smallest absolute Gasteiger partial charge is 0.294 e. The van der Waals surface area contributed by atoms with Gasteiger partial charge >= 0.3 is 0 Å². The topological polar surface area (TPSA) is 82.4 Å². The third-order valence-electron chi connectivity index (χ3n) is 4.20. The summed E-state index contributed by atoms with van der Waals surface area (Å²) in [5.74, 6) is 0.605. The molecule has 1 aliphatic heterocycles. The number of hydrogen-bond donors (Lipinski definition) is 2. The molecule has 1 aliphatic rings. The van der Waals surface area contributed by atoms with Gasteiger partial charge in [-0.1, -0.05) is 0 Å². The van der Waals surface area contributed by atoms with Gasteiger partial charge in [0.25, 0.3) is 5.56 Å². The Morgan fingerprint density at radius 1 is 1.52 bits per heavy atom. The highest BCUT2D eigenvalue weighted by Gasteiger charge is 2.21. The largest absolute Gasteiger partial charge is 0.449 e. The molecule has 4 rings (SSSR count). The number of aromatic amines is 1. The van der Waals surface area contributed by atoms with Crippen molar-refractivity contribution in [3.63, 3.8) is 0 Å². The molecular formula is C16H17N3O3S. The van der Waals surface area contributed by atoms with E-state index in [2.05, 4.69) is 14.9 Å². The lowest BCUT2D eigenvalue weighted by Crippen LogP contribution is -2.24. The van der Waals surface area contributed by atoms with Crippen molar-refractivity contribution in [1.82, 2.24) is 14.9 Å². The van der Waals surface area contributed by atoms with E-state index in [0.717, 1.165) is 23.2 Å². The van der Waals surface area contributed by atoms with Crippen LogP contribution in [0.3, 0.4) is 0 Å². The average molecular weight is 331 g/mol. The minimum Gasteiger partial charge on any atom is -0.449 e. The van der Waals surface area contributed by atoms with Crippen LogP contribution in [0, 0.1) is 0 Å². The highest BCUT2D eigenvalue weighted by atomic mass is 32.2. The number of hydrogen-bond acceptors (Lipinski definition) is 6. The molecule has 2 aromatic heterocycles. The van der Waals surface area contributed by atoms with Gasteiger partial charge in [0, 0.05) is 23.4 Å². The van der Waals surface area contributed by atoms with Crippen molar-refractivity contribution in [1.29, 1.82) is 0 Å². The third kappa shape index (κ3) is 2.65. The Morgan fingerprint density at radius 2 is 2.39 bits per heavy atom. The quantitative estimate of drug-likeness (QED) is 0.714. The lowest BCUT2D eigenvalue weighted by atomic mass is 10.2. The molecule has 3 heterocycles. The minimum atomic E-state index is -0.288. The number of likely N-dealkylation sites (tertiary alicyclic amines) is 1. The highest BCUT2D eigenvalue weighted by molar-refractivity contribution is 7.98. The molecule has 0 aliphatic carbocycles. The summed E-state index contributed by atoms with van der Waals surface area (Å²) in [7, 11) is 0. The molecule has 0 unspecified atom stereocenters. The van der Waals surface area contributed by atoms with Crippen LogP contribution in [0.4, 0.5) is 0 Å². The second-order valence-electron chi connectivity index (χ2n) is 5.83. The summed E-state index contributed by atoms with van der Waals surface area (Å²) in [6.45, 7) is 1.95. The summed E-state index contributed by atoms with van der Waals surface area (Å²) in [5.41, 5.74) is 1.29. The molecular weight excluding hydrogens is 314 g/mol. The van der Waals surface area contributed by atoms with Crippen molar-refractivity contribution in [3.05, 3.63) is 34.4 Å². The number of rotatable bonds is 3. The Hall–Kier alpha value is -1.83. The molecule has 7 heteroatoms. The summed E-state index contributed by atoms with van der Waals surface area (Å²) < 4.78 is 5.66. The molecule has 1 fully saturated rings. The number of furan rings is 1. The first-order valence-electron chi connectivity index (χ1n) is 7.54. The first kappa shape index (κ1) is 14.7. The van der Waals surface area contributed by atoms with Crippen molar-refractivity contribution < 1.29 is 9.52 Å². The Kier molecular flexibility index (Phi) is 3.63. The van der Waals surface area contributed by atoms with Gasteiger partial charge in [0.1, 0.15) is 16.9 Å². The molecule has 0 saturated carbocycles. The number of aliphatic hydroxyl groups excluding tert-OH is 1. The average Bonchev–Trinajstić information content (AvgIpc) is 3.11. The molecule has 2 N–H and O–H groups in total. The predicted molar refractivity (Wildman–Crippen MR) is 89.8 cm³/mol. The monoisotopic (exact) mass is 331 g/mol. The number of benzene rings is 1. The number of β-amino-alcohol motifs (C(OH)–C–C–N with tert-alkyl or cyclic N) is 1. The molecule has 0 spiro atoms. The zero-order valence-corrected chi connectivity index (χ0v) is 13.5. The fourth-order valence-corrected chi connectivity index (χ4v) is 3.49. The second kappa shape index (κ2) is 5.67. The van der Waals surface area contributed by atoms with Crippen LogP contribution in [0.5, 0.6) is 0 Å². The number of fused-ring (bicyclic) bond motifs is 3.